The molecular formula is C13H6BrF5O2. The predicted molar refractivity (Wildman–Crippen MR) is 67.0 cm³/mol. The zero-order valence-corrected chi connectivity index (χ0v) is 11.9. The summed E-state index contributed by atoms with van der Waals surface area (Å²) in [6.45, 7) is 0. The van der Waals surface area contributed by atoms with E-state index in [-0.39, 0.29) is 10.2 Å². The summed E-state index contributed by atoms with van der Waals surface area (Å²) in [5, 5.41) is 0. The lowest BCUT2D eigenvalue weighted by molar-refractivity contribution is 0.331. The number of halogens is 6. The Morgan fingerprint density at radius 3 is 1.86 bits per heavy atom. The maximum atomic E-state index is 13.5. The number of hydrogen-bond donors (Lipinski definition) is 0. The highest BCUT2D eigenvalue weighted by molar-refractivity contribution is 9.10. The van der Waals surface area contributed by atoms with Crippen molar-refractivity contribution < 1.29 is 31.4 Å². The molecule has 0 saturated heterocycles. The molecular weight excluding hydrogens is 363 g/mol. The third kappa shape index (κ3) is 2.80. The van der Waals surface area contributed by atoms with Crippen LogP contribution in [0.2, 0.25) is 0 Å². The van der Waals surface area contributed by atoms with Crippen molar-refractivity contribution >= 4 is 15.9 Å². The van der Waals surface area contributed by atoms with Crippen LogP contribution in [-0.4, -0.2) is 7.11 Å². The molecule has 0 aliphatic heterocycles. The molecule has 0 bridgehead atoms. The van der Waals surface area contributed by atoms with Crippen LogP contribution < -0.4 is 9.47 Å². The highest BCUT2D eigenvalue weighted by Crippen LogP contribution is 2.37. The third-order valence-electron chi connectivity index (χ3n) is 2.52. The minimum absolute atomic E-state index is 0.140. The van der Waals surface area contributed by atoms with Crippen molar-refractivity contribution in [3.05, 3.63) is 51.8 Å². The van der Waals surface area contributed by atoms with E-state index in [1.54, 1.807) is 0 Å². The Kier molecular flexibility index (Phi) is 4.36. The van der Waals surface area contributed by atoms with E-state index in [1.165, 1.54) is 25.3 Å². The molecule has 2 aromatic rings. The second kappa shape index (κ2) is 5.88. The topological polar surface area (TPSA) is 18.5 Å². The van der Waals surface area contributed by atoms with Gasteiger partial charge in [0.25, 0.3) is 0 Å². The van der Waals surface area contributed by atoms with Gasteiger partial charge in [-0.05, 0) is 34.1 Å². The first-order chi connectivity index (χ1) is 9.86. The summed E-state index contributed by atoms with van der Waals surface area (Å²) in [7, 11) is 1.40. The number of methoxy groups -OCH3 is 1. The number of rotatable bonds is 3. The fourth-order valence-corrected chi connectivity index (χ4v) is 1.91. The van der Waals surface area contributed by atoms with Crippen molar-refractivity contribution in [2.24, 2.45) is 0 Å². The molecule has 0 radical (unpaired) electrons. The van der Waals surface area contributed by atoms with E-state index in [9.17, 15) is 22.0 Å². The minimum Gasteiger partial charge on any atom is -0.497 e. The lowest BCUT2D eigenvalue weighted by atomic mass is 10.2. The Bertz CT molecular complexity index is 676. The molecule has 0 heterocycles. The summed E-state index contributed by atoms with van der Waals surface area (Å²) in [5.74, 6) is -11.6. The molecule has 2 rings (SSSR count). The maximum absolute atomic E-state index is 13.5. The van der Waals surface area contributed by atoms with Crippen LogP contribution in [0.4, 0.5) is 22.0 Å². The minimum atomic E-state index is -2.24. The molecule has 0 spiro atoms. The molecule has 0 unspecified atom stereocenters. The van der Waals surface area contributed by atoms with Gasteiger partial charge in [0.05, 0.1) is 11.6 Å². The Morgan fingerprint density at radius 1 is 0.857 bits per heavy atom. The molecule has 0 fully saturated rings. The fraction of sp³-hybridized carbons (Fsp3) is 0.0769. The summed E-state index contributed by atoms with van der Waals surface area (Å²) in [6, 6.07) is 4.05. The van der Waals surface area contributed by atoms with Gasteiger partial charge in [-0.25, -0.2) is 13.2 Å². The highest BCUT2D eigenvalue weighted by atomic mass is 79.9. The molecule has 0 aliphatic rings. The highest BCUT2D eigenvalue weighted by Gasteiger charge is 2.27. The lowest BCUT2D eigenvalue weighted by Crippen LogP contribution is -2.04. The van der Waals surface area contributed by atoms with E-state index in [1.807, 2.05) is 0 Å². The van der Waals surface area contributed by atoms with Gasteiger partial charge in [-0.1, -0.05) is 0 Å². The summed E-state index contributed by atoms with van der Waals surface area (Å²) in [6.07, 6.45) is 0. The summed E-state index contributed by atoms with van der Waals surface area (Å²) >= 11 is 3.03. The standard InChI is InChI=1S/C13H6BrF5O2/c1-20-5-2-3-7(6(14)4-5)21-13-11(18)9(16)8(15)10(17)12(13)19/h2-4H,1H3. The van der Waals surface area contributed by atoms with Crippen molar-refractivity contribution in [2.75, 3.05) is 7.11 Å². The molecule has 21 heavy (non-hydrogen) atoms. The van der Waals surface area contributed by atoms with E-state index in [2.05, 4.69) is 15.9 Å². The van der Waals surface area contributed by atoms with Crippen LogP contribution in [0.1, 0.15) is 0 Å². The van der Waals surface area contributed by atoms with Gasteiger partial charge in [0.2, 0.25) is 34.8 Å². The van der Waals surface area contributed by atoms with Crippen LogP contribution in [0.3, 0.4) is 0 Å². The Morgan fingerprint density at radius 2 is 1.38 bits per heavy atom. The van der Waals surface area contributed by atoms with Crippen molar-refractivity contribution in [3.63, 3.8) is 0 Å². The van der Waals surface area contributed by atoms with Gasteiger partial charge in [-0.2, -0.15) is 8.78 Å². The van der Waals surface area contributed by atoms with E-state index < -0.39 is 34.8 Å². The normalized spacial score (nSPS) is 10.6. The smallest absolute Gasteiger partial charge is 0.207 e. The first-order valence-corrected chi connectivity index (χ1v) is 6.19. The van der Waals surface area contributed by atoms with Crippen LogP contribution in [-0.2, 0) is 0 Å². The van der Waals surface area contributed by atoms with Crippen molar-refractivity contribution in [1.82, 2.24) is 0 Å². The van der Waals surface area contributed by atoms with Crippen LogP contribution in [0, 0.1) is 29.1 Å². The molecule has 0 aromatic heterocycles. The third-order valence-corrected chi connectivity index (χ3v) is 3.14. The number of hydrogen-bond acceptors (Lipinski definition) is 2. The zero-order valence-electron chi connectivity index (χ0n) is 10.3. The van der Waals surface area contributed by atoms with Crippen LogP contribution in [0.5, 0.6) is 17.2 Å². The Labute approximate surface area is 124 Å². The van der Waals surface area contributed by atoms with Crippen LogP contribution in [0.15, 0.2) is 22.7 Å². The maximum Gasteiger partial charge on any atom is 0.207 e. The quantitative estimate of drug-likeness (QED) is 0.433. The number of ether oxygens (including phenoxy) is 2. The summed E-state index contributed by atoms with van der Waals surface area (Å²) in [5.41, 5.74) is 0. The van der Waals surface area contributed by atoms with Crippen molar-refractivity contribution in [2.45, 2.75) is 0 Å². The molecule has 8 heteroatoms. The van der Waals surface area contributed by atoms with Gasteiger partial charge < -0.3 is 9.47 Å². The fourth-order valence-electron chi connectivity index (χ4n) is 1.48. The van der Waals surface area contributed by atoms with E-state index in [0.717, 1.165) is 0 Å². The molecule has 0 amide bonds. The number of benzene rings is 2. The summed E-state index contributed by atoms with van der Waals surface area (Å²) in [4.78, 5) is 0. The van der Waals surface area contributed by atoms with Gasteiger partial charge in [-0.3, -0.25) is 0 Å². The largest absolute Gasteiger partial charge is 0.497 e. The van der Waals surface area contributed by atoms with Crippen molar-refractivity contribution in [1.29, 1.82) is 0 Å². The Hall–Kier alpha value is -1.83. The lowest BCUT2D eigenvalue weighted by Gasteiger charge is -2.11. The monoisotopic (exact) mass is 368 g/mol. The first kappa shape index (κ1) is 15.6. The van der Waals surface area contributed by atoms with Crippen LogP contribution in [0.25, 0.3) is 0 Å². The van der Waals surface area contributed by atoms with Gasteiger partial charge in [0, 0.05) is 0 Å². The summed E-state index contributed by atoms with van der Waals surface area (Å²) < 4.78 is 75.9. The van der Waals surface area contributed by atoms with E-state index in [0.29, 0.717) is 5.75 Å². The second-order valence-corrected chi connectivity index (χ2v) is 4.65. The van der Waals surface area contributed by atoms with Crippen LogP contribution >= 0.6 is 15.9 Å². The van der Waals surface area contributed by atoms with E-state index >= 15 is 0 Å². The molecule has 0 aliphatic carbocycles. The molecule has 0 N–H and O–H groups in total. The molecule has 0 atom stereocenters. The molecule has 0 saturated carbocycles. The molecule has 2 aromatic carbocycles. The SMILES string of the molecule is COc1ccc(Oc2c(F)c(F)c(F)c(F)c2F)c(Br)c1. The Balaban J connectivity index is 2.50. The second-order valence-electron chi connectivity index (χ2n) is 3.80. The average Bonchev–Trinajstić information content (AvgIpc) is 2.48. The zero-order chi connectivity index (χ0) is 15.7. The average molecular weight is 369 g/mol. The van der Waals surface area contributed by atoms with Gasteiger partial charge in [0.1, 0.15) is 11.5 Å². The molecule has 112 valence electrons. The van der Waals surface area contributed by atoms with Gasteiger partial charge in [0.15, 0.2) is 0 Å². The van der Waals surface area contributed by atoms with Crippen molar-refractivity contribution in [3.8, 4) is 17.2 Å². The molecule has 2 nitrogen and oxygen atoms in total. The van der Waals surface area contributed by atoms with Gasteiger partial charge >= 0.3 is 0 Å². The predicted octanol–water partition coefficient (Wildman–Crippen LogP) is 4.95. The first-order valence-electron chi connectivity index (χ1n) is 5.39. The van der Waals surface area contributed by atoms with E-state index in [4.69, 9.17) is 9.47 Å². The van der Waals surface area contributed by atoms with Gasteiger partial charge in [-0.15, -0.1) is 0 Å².